The molecule has 1 heterocycles. The maximum atomic E-state index is 12.4. The summed E-state index contributed by atoms with van der Waals surface area (Å²) in [5.74, 6) is 0.0914. The van der Waals surface area contributed by atoms with Gasteiger partial charge in [0.05, 0.1) is 12.0 Å². The smallest absolute Gasteiger partial charge is 0.231 e. The van der Waals surface area contributed by atoms with Crippen LogP contribution in [0.3, 0.4) is 0 Å². The van der Waals surface area contributed by atoms with Gasteiger partial charge in [0.2, 0.25) is 5.91 Å². The molecule has 0 radical (unpaired) electrons. The van der Waals surface area contributed by atoms with Crippen LogP contribution in [-0.2, 0) is 10.2 Å². The maximum Gasteiger partial charge on any atom is 0.231 e. The number of hydrogen-bond acceptors (Lipinski definition) is 3. The molecular weight excluding hydrogens is 234 g/mol. The Labute approximate surface area is 106 Å². The standard InChI is InChI=1S/C13H19NO2S/c15-9-8-14-12(16)13(6-2-1-3-7-13)11-5-4-10-17-11/h4-5,10,15H,1-3,6-9H2,(H,14,16). The van der Waals surface area contributed by atoms with Gasteiger partial charge in [-0.15, -0.1) is 11.3 Å². The monoisotopic (exact) mass is 253 g/mol. The molecule has 1 aromatic rings. The minimum Gasteiger partial charge on any atom is -0.395 e. The van der Waals surface area contributed by atoms with E-state index in [-0.39, 0.29) is 17.9 Å². The Balaban J connectivity index is 2.20. The number of carbonyl (C=O) groups is 1. The molecule has 0 saturated heterocycles. The van der Waals surface area contributed by atoms with E-state index in [0.717, 1.165) is 25.7 Å². The molecule has 0 aromatic carbocycles. The van der Waals surface area contributed by atoms with Crippen molar-refractivity contribution in [3.05, 3.63) is 22.4 Å². The summed E-state index contributed by atoms with van der Waals surface area (Å²) in [6.45, 7) is 0.359. The van der Waals surface area contributed by atoms with Crippen molar-refractivity contribution < 1.29 is 9.90 Å². The first-order valence-electron chi connectivity index (χ1n) is 6.23. The van der Waals surface area contributed by atoms with Crippen LogP contribution in [0, 0.1) is 0 Å². The lowest BCUT2D eigenvalue weighted by atomic mass is 9.72. The highest BCUT2D eigenvalue weighted by molar-refractivity contribution is 7.10. The molecule has 1 amide bonds. The molecule has 1 aliphatic rings. The minimum absolute atomic E-state index is 0.00621. The van der Waals surface area contributed by atoms with Crippen molar-refractivity contribution in [3.63, 3.8) is 0 Å². The Kier molecular flexibility index (Phi) is 4.18. The normalized spacial score (nSPS) is 18.9. The largest absolute Gasteiger partial charge is 0.395 e. The number of rotatable bonds is 4. The van der Waals surface area contributed by atoms with Crippen molar-refractivity contribution in [1.82, 2.24) is 5.32 Å². The predicted octanol–water partition coefficient (Wildman–Crippen LogP) is 2.06. The highest BCUT2D eigenvalue weighted by Gasteiger charge is 2.41. The molecular formula is C13H19NO2S. The zero-order valence-electron chi connectivity index (χ0n) is 9.95. The SMILES string of the molecule is O=C(NCCO)C1(c2cccs2)CCCCC1. The molecule has 2 rings (SSSR count). The molecule has 94 valence electrons. The van der Waals surface area contributed by atoms with E-state index >= 15 is 0 Å². The van der Waals surface area contributed by atoms with Crippen molar-refractivity contribution in [2.24, 2.45) is 0 Å². The minimum atomic E-state index is -0.332. The van der Waals surface area contributed by atoms with Crippen LogP contribution in [0.15, 0.2) is 17.5 Å². The third-order valence-corrected chi connectivity index (χ3v) is 4.61. The van der Waals surface area contributed by atoms with Crippen LogP contribution in [0.2, 0.25) is 0 Å². The fourth-order valence-electron chi connectivity index (χ4n) is 2.63. The molecule has 1 fully saturated rings. The molecule has 4 heteroatoms. The van der Waals surface area contributed by atoms with E-state index in [1.54, 1.807) is 11.3 Å². The van der Waals surface area contributed by atoms with Gasteiger partial charge in [-0.2, -0.15) is 0 Å². The number of nitrogens with one attached hydrogen (secondary N) is 1. The van der Waals surface area contributed by atoms with Gasteiger partial charge in [-0.05, 0) is 24.3 Å². The van der Waals surface area contributed by atoms with Crippen LogP contribution < -0.4 is 5.32 Å². The van der Waals surface area contributed by atoms with Crippen molar-refractivity contribution in [2.75, 3.05) is 13.2 Å². The fourth-order valence-corrected chi connectivity index (χ4v) is 3.61. The van der Waals surface area contributed by atoms with Gasteiger partial charge in [-0.25, -0.2) is 0 Å². The summed E-state index contributed by atoms with van der Waals surface area (Å²) in [4.78, 5) is 13.5. The number of aliphatic hydroxyl groups excluding tert-OH is 1. The Morgan fingerprint density at radius 2 is 2.18 bits per heavy atom. The topological polar surface area (TPSA) is 49.3 Å². The second kappa shape index (κ2) is 5.65. The van der Waals surface area contributed by atoms with Gasteiger partial charge in [0.15, 0.2) is 0 Å². The summed E-state index contributed by atoms with van der Waals surface area (Å²) in [6, 6.07) is 4.07. The van der Waals surface area contributed by atoms with E-state index in [4.69, 9.17) is 5.11 Å². The van der Waals surface area contributed by atoms with Gasteiger partial charge < -0.3 is 10.4 Å². The van der Waals surface area contributed by atoms with Crippen LogP contribution in [0.1, 0.15) is 37.0 Å². The summed E-state index contributed by atoms with van der Waals surface area (Å²) in [7, 11) is 0. The third-order valence-electron chi connectivity index (χ3n) is 3.53. The van der Waals surface area contributed by atoms with Crippen molar-refractivity contribution in [2.45, 2.75) is 37.5 Å². The first-order valence-corrected chi connectivity index (χ1v) is 7.11. The summed E-state index contributed by atoms with van der Waals surface area (Å²) >= 11 is 1.67. The average molecular weight is 253 g/mol. The summed E-state index contributed by atoms with van der Waals surface area (Å²) in [6.07, 6.45) is 5.32. The van der Waals surface area contributed by atoms with E-state index in [9.17, 15) is 4.79 Å². The lowest BCUT2D eigenvalue weighted by Gasteiger charge is -2.35. The number of aliphatic hydroxyl groups is 1. The Hall–Kier alpha value is -0.870. The number of amides is 1. The summed E-state index contributed by atoms with van der Waals surface area (Å²) in [5, 5.41) is 13.7. The first kappa shape index (κ1) is 12.6. The van der Waals surface area contributed by atoms with Gasteiger partial charge in [0, 0.05) is 11.4 Å². The Morgan fingerprint density at radius 1 is 1.41 bits per heavy atom. The van der Waals surface area contributed by atoms with Crippen LogP contribution in [0.25, 0.3) is 0 Å². The molecule has 3 nitrogen and oxygen atoms in total. The lowest BCUT2D eigenvalue weighted by molar-refractivity contribution is -0.128. The molecule has 0 atom stereocenters. The van der Waals surface area contributed by atoms with Gasteiger partial charge in [0.25, 0.3) is 0 Å². The molecule has 1 aromatic heterocycles. The quantitative estimate of drug-likeness (QED) is 0.863. The van der Waals surface area contributed by atoms with Crippen molar-refractivity contribution >= 4 is 17.2 Å². The molecule has 0 unspecified atom stereocenters. The van der Waals surface area contributed by atoms with Crippen LogP contribution in [0.5, 0.6) is 0 Å². The average Bonchev–Trinajstić information content (AvgIpc) is 2.91. The Bertz CT molecular complexity index is 356. The molecule has 17 heavy (non-hydrogen) atoms. The van der Waals surface area contributed by atoms with Crippen LogP contribution in [-0.4, -0.2) is 24.2 Å². The van der Waals surface area contributed by atoms with E-state index in [0.29, 0.717) is 6.54 Å². The second-order valence-corrected chi connectivity index (χ2v) is 5.55. The summed E-state index contributed by atoms with van der Waals surface area (Å²) < 4.78 is 0. The van der Waals surface area contributed by atoms with E-state index in [2.05, 4.69) is 11.4 Å². The van der Waals surface area contributed by atoms with E-state index in [1.807, 2.05) is 11.4 Å². The second-order valence-electron chi connectivity index (χ2n) is 4.60. The van der Waals surface area contributed by atoms with Crippen molar-refractivity contribution in [1.29, 1.82) is 0 Å². The number of carbonyl (C=O) groups excluding carboxylic acids is 1. The zero-order chi connectivity index (χ0) is 12.1. The van der Waals surface area contributed by atoms with Gasteiger partial charge >= 0.3 is 0 Å². The lowest BCUT2D eigenvalue weighted by Crippen LogP contribution is -2.46. The van der Waals surface area contributed by atoms with Crippen molar-refractivity contribution in [3.8, 4) is 0 Å². The highest BCUT2D eigenvalue weighted by Crippen LogP contribution is 2.41. The summed E-state index contributed by atoms with van der Waals surface area (Å²) in [5.41, 5.74) is -0.332. The van der Waals surface area contributed by atoms with Crippen LogP contribution >= 0.6 is 11.3 Å². The zero-order valence-corrected chi connectivity index (χ0v) is 10.8. The van der Waals surface area contributed by atoms with Gasteiger partial charge in [-0.1, -0.05) is 25.3 Å². The third kappa shape index (κ3) is 2.53. The van der Waals surface area contributed by atoms with Crippen LogP contribution in [0.4, 0.5) is 0 Å². The molecule has 0 bridgehead atoms. The maximum absolute atomic E-state index is 12.4. The molecule has 0 aliphatic heterocycles. The Morgan fingerprint density at radius 3 is 2.76 bits per heavy atom. The van der Waals surface area contributed by atoms with Gasteiger partial charge in [-0.3, -0.25) is 4.79 Å². The first-order chi connectivity index (χ1) is 8.29. The van der Waals surface area contributed by atoms with E-state index in [1.165, 1.54) is 11.3 Å². The van der Waals surface area contributed by atoms with Gasteiger partial charge in [0.1, 0.15) is 0 Å². The fraction of sp³-hybridized carbons (Fsp3) is 0.615. The van der Waals surface area contributed by atoms with E-state index < -0.39 is 0 Å². The predicted molar refractivity (Wildman–Crippen MR) is 69.2 cm³/mol. The molecule has 1 aliphatic carbocycles. The highest BCUT2D eigenvalue weighted by atomic mass is 32.1. The molecule has 0 spiro atoms. The number of hydrogen-bond donors (Lipinski definition) is 2. The molecule has 1 saturated carbocycles. The number of thiophene rings is 1. The molecule has 2 N–H and O–H groups in total.